The first-order chi connectivity index (χ1) is 12.7. The maximum atomic E-state index is 5.89. The molecule has 0 saturated heterocycles. The van der Waals surface area contributed by atoms with Gasteiger partial charge in [-0.15, -0.1) is 0 Å². The highest BCUT2D eigenvalue weighted by molar-refractivity contribution is 5.65. The van der Waals surface area contributed by atoms with E-state index < -0.39 is 0 Å². The summed E-state index contributed by atoms with van der Waals surface area (Å²) >= 11 is 0. The number of methoxy groups -OCH3 is 2. The highest BCUT2D eigenvalue weighted by atomic mass is 16.5. The minimum absolute atomic E-state index is 0.507. The van der Waals surface area contributed by atoms with Crippen LogP contribution >= 0.6 is 0 Å². The summed E-state index contributed by atoms with van der Waals surface area (Å²) in [5.74, 6) is 4.13. The number of hydrogen-bond acceptors (Lipinski definition) is 6. The maximum Gasteiger partial charge on any atom is 0.230 e. The molecular weight excluding hydrogens is 332 g/mol. The Hall–Kier alpha value is -2.83. The second-order valence-corrected chi connectivity index (χ2v) is 6.52. The topological polar surface area (TPSA) is 75.2 Å². The molecule has 26 heavy (non-hydrogen) atoms. The van der Waals surface area contributed by atoms with E-state index in [4.69, 9.17) is 13.9 Å². The zero-order valence-corrected chi connectivity index (χ0v) is 15.2. The summed E-state index contributed by atoms with van der Waals surface area (Å²) in [6, 6.07) is 5.55. The molecule has 1 aromatic carbocycles. The molecule has 1 saturated carbocycles. The molecule has 0 N–H and O–H groups in total. The standard InChI is InChI=1S/C19H22N4O3/c1-12-16(10-23-11-20-18(22-23)13-5-4-6-13)21-19(26-12)15-9-14(24-2)7-8-17(15)25-3/h7-9,11,13H,4-6,10H2,1-3H3. The monoisotopic (exact) mass is 354 g/mol. The number of hydrogen-bond donors (Lipinski definition) is 0. The molecule has 0 unspecified atom stereocenters. The van der Waals surface area contributed by atoms with Crippen molar-refractivity contribution in [1.82, 2.24) is 19.7 Å². The molecule has 2 heterocycles. The quantitative estimate of drug-likeness (QED) is 0.673. The van der Waals surface area contributed by atoms with Crippen LogP contribution in [-0.2, 0) is 6.54 Å². The van der Waals surface area contributed by atoms with E-state index in [9.17, 15) is 0 Å². The Morgan fingerprint density at radius 1 is 1.23 bits per heavy atom. The molecule has 0 spiro atoms. The van der Waals surface area contributed by atoms with Crippen LogP contribution in [0.5, 0.6) is 11.5 Å². The summed E-state index contributed by atoms with van der Waals surface area (Å²) in [6.45, 7) is 2.43. The van der Waals surface area contributed by atoms with Gasteiger partial charge in [0.15, 0.2) is 5.82 Å². The van der Waals surface area contributed by atoms with E-state index in [1.807, 2.05) is 29.8 Å². The molecule has 1 fully saturated rings. The van der Waals surface area contributed by atoms with Crippen LogP contribution in [0.1, 0.15) is 42.5 Å². The molecule has 136 valence electrons. The number of nitrogens with zero attached hydrogens (tertiary/aromatic N) is 4. The zero-order chi connectivity index (χ0) is 18.1. The number of oxazole rings is 1. The smallest absolute Gasteiger partial charge is 0.230 e. The lowest BCUT2D eigenvalue weighted by atomic mass is 9.85. The molecule has 1 aliphatic carbocycles. The minimum atomic E-state index is 0.507. The molecule has 7 nitrogen and oxygen atoms in total. The van der Waals surface area contributed by atoms with Gasteiger partial charge in [0, 0.05) is 5.92 Å². The molecule has 2 aromatic heterocycles. The number of benzene rings is 1. The molecule has 0 aliphatic heterocycles. The van der Waals surface area contributed by atoms with Crippen molar-refractivity contribution in [2.24, 2.45) is 0 Å². The van der Waals surface area contributed by atoms with Gasteiger partial charge in [0.05, 0.1) is 26.3 Å². The van der Waals surface area contributed by atoms with Crippen LogP contribution < -0.4 is 9.47 Å². The fourth-order valence-electron chi connectivity index (χ4n) is 3.06. The van der Waals surface area contributed by atoms with E-state index in [2.05, 4.69) is 15.1 Å². The summed E-state index contributed by atoms with van der Waals surface area (Å²) in [5, 5.41) is 4.59. The highest BCUT2D eigenvalue weighted by Gasteiger charge is 2.23. The van der Waals surface area contributed by atoms with Crippen LogP contribution in [0.3, 0.4) is 0 Å². The van der Waals surface area contributed by atoms with Crippen molar-refractivity contribution in [2.75, 3.05) is 14.2 Å². The van der Waals surface area contributed by atoms with E-state index >= 15 is 0 Å². The van der Waals surface area contributed by atoms with E-state index in [1.54, 1.807) is 20.5 Å². The summed E-state index contributed by atoms with van der Waals surface area (Å²) in [5.41, 5.74) is 1.59. The molecule has 3 aromatic rings. The number of aryl methyl sites for hydroxylation is 1. The Morgan fingerprint density at radius 3 is 2.77 bits per heavy atom. The van der Waals surface area contributed by atoms with Gasteiger partial charge in [-0.2, -0.15) is 5.10 Å². The molecule has 0 atom stereocenters. The summed E-state index contributed by atoms with van der Waals surface area (Å²) in [6.07, 6.45) is 5.42. The second kappa shape index (κ2) is 6.82. The van der Waals surface area contributed by atoms with E-state index in [-0.39, 0.29) is 0 Å². The first-order valence-corrected chi connectivity index (χ1v) is 8.76. The predicted octanol–water partition coefficient (Wildman–Crippen LogP) is 3.57. The average molecular weight is 354 g/mol. The van der Waals surface area contributed by atoms with E-state index in [1.165, 1.54) is 19.3 Å². The SMILES string of the molecule is COc1ccc(OC)c(-c2nc(Cn3cnc(C4CCC4)n3)c(C)o2)c1. The van der Waals surface area contributed by atoms with Crippen molar-refractivity contribution in [3.05, 3.63) is 41.8 Å². The first kappa shape index (κ1) is 16.6. The average Bonchev–Trinajstić information content (AvgIpc) is 3.20. The molecule has 1 aliphatic rings. The van der Waals surface area contributed by atoms with Gasteiger partial charge < -0.3 is 13.9 Å². The molecule has 0 radical (unpaired) electrons. The van der Waals surface area contributed by atoms with Gasteiger partial charge >= 0.3 is 0 Å². The van der Waals surface area contributed by atoms with Crippen molar-refractivity contribution >= 4 is 0 Å². The zero-order valence-electron chi connectivity index (χ0n) is 15.2. The van der Waals surface area contributed by atoms with Gasteiger partial charge in [-0.05, 0) is 38.0 Å². The van der Waals surface area contributed by atoms with Gasteiger partial charge in [-0.1, -0.05) is 6.42 Å². The van der Waals surface area contributed by atoms with E-state index in [0.717, 1.165) is 28.6 Å². The van der Waals surface area contributed by atoms with Crippen LogP contribution in [0.4, 0.5) is 0 Å². The Balaban J connectivity index is 1.60. The van der Waals surface area contributed by atoms with Gasteiger partial charge in [0.25, 0.3) is 0 Å². The van der Waals surface area contributed by atoms with E-state index in [0.29, 0.717) is 24.1 Å². The molecule has 0 bridgehead atoms. The van der Waals surface area contributed by atoms with Crippen LogP contribution in [-0.4, -0.2) is 34.0 Å². The van der Waals surface area contributed by atoms with Gasteiger partial charge in [-0.3, -0.25) is 0 Å². The highest BCUT2D eigenvalue weighted by Crippen LogP contribution is 2.35. The first-order valence-electron chi connectivity index (χ1n) is 8.76. The fourth-order valence-corrected chi connectivity index (χ4v) is 3.06. The van der Waals surface area contributed by atoms with Gasteiger partial charge in [0.1, 0.15) is 29.3 Å². The summed E-state index contributed by atoms with van der Waals surface area (Å²) < 4.78 is 18.5. The van der Waals surface area contributed by atoms with Gasteiger partial charge in [-0.25, -0.2) is 14.6 Å². The Morgan fingerprint density at radius 2 is 2.08 bits per heavy atom. The second-order valence-electron chi connectivity index (χ2n) is 6.52. The predicted molar refractivity (Wildman–Crippen MR) is 95.5 cm³/mol. The van der Waals surface area contributed by atoms with Crippen molar-refractivity contribution in [2.45, 2.75) is 38.6 Å². The van der Waals surface area contributed by atoms with Crippen LogP contribution in [0.15, 0.2) is 28.9 Å². The Labute approximate surface area is 152 Å². The number of aromatic nitrogens is 4. The lowest BCUT2D eigenvalue weighted by molar-refractivity contribution is 0.399. The van der Waals surface area contributed by atoms with Crippen LogP contribution in [0.2, 0.25) is 0 Å². The minimum Gasteiger partial charge on any atom is -0.497 e. The largest absolute Gasteiger partial charge is 0.497 e. The lowest BCUT2D eigenvalue weighted by Gasteiger charge is -2.21. The third kappa shape index (κ3) is 3.05. The number of rotatable bonds is 6. The fraction of sp³-hybridized carbons (Fsp3) is 0.421. The molecule has 0 amide bonds. The van der Waals surface area contributed by atoms with Gasteiger partial charge in [0.2, 0.25) is 5.89 Å². The molecular formula is C19H22N4O3. The van der Waals surface area contributed by atoms with Crippen molar-refractivity contribution in [3.63, 3.8) is 0 Å². The molecule has 7 heteroatoms. The van der Waals surface area contributed by atoms with Crippen LogP contribution in [0.25, 0.3) is 11.5 Å². The van der Waals surface area contributed by atoms with Crippen LogP contribution in [0, 0.1) is 6.92 Å². The van der Waals surface area contributed by atoms with Crippen molar-refractivity contribution in [3.8, 4) is 23.0 Å². The summed E-state index contributed by atoms with van der Waals surface area (Å²) in [7, 11) is 3.25. The normalized spacial score (nSPS) is 14.3. The molecule has 4 rings (SSSR count). The van der Waals surface area contributed by atoms with Crippen molar-refractivity contribution in [1.29, 1.82) is 0 Å². The number of ether oxygens (including phenoxy) is 2. The Bertz CT molecular complexity index is 911. The third-order valence-electron chi connectivity index (χ3n) is 4.87. The Kier molecular flexibility index (Phi) is 4.36. The van der Waals surface area contributed by atoms with Crippen molar-refractivity contribution < 1.29 is 13.9 Å². The third-order valence-corrected chi connectivity index (χ3v) is 4.87. The summed E-state index contributed by atoms with van der Waals surface area (Å²) in [4.78, 5) is 9.09. The maximum absolute atomic E-state index is 5.89. The lowest BCUT2D eigenvalue weighted by Crippen LogP contribution is -2.11.